The van der Waals surface area contributed by atoms with Crippen LogP contribution in [0, 0.1) is 0 Å². The van der Waals surface area contributed by atoms with Crippen LogP contribution in [0.2, 0.25) is 0 Å². The van der Waals surface area contributed by atoms with Gasteiger partial charge in [0.05, 0.1) is 0 Å². The Morgan fingerprint density at radius 3 is 0.790 bits per heavy atom. The Bertz CT molecular complexity index is 1490. The van der Waals surface area contributed by atoms with Crippen molar-refractivity contribution in [2.45, 2.75) is 374 Å². The fourth-order valence-corrected chi connectivity index (χ4v) is 10.4. The second kappa shape index (κ2) is 69.3. The van der Waals surface area contributed by atoms with E-state index in [1.807, 2.05) is 0 Å². The van der Waals surface area contributed by atoms with Crippen molar-refractivity contribution in [3.05, 3.63) is 72.9 Å². The first-order valence-corrected chi connectivity index (χ1v) is 35.4. The molecule has 0 fully saturated rings. The Balaban J connectivity index is 4.08. The minimum Gasteiger partial charge on any atom is -0.462 e. The second-order valence-electron chi connectivity index (χ2n) is 23.8. The molecule has 81 heavy (non-hydrogen) atoms. The number of hydrogen-bond donors (Lipinski definition) is 0. The van der Waals surface area contributed by atoms with Gasteiger partial charge >= 0.3 is 17.9 Å². The average Bonchev–Trinajstić information content (AvgIpc) is 3.47. The second-order valence-corrected chi connectivity index (χ2v) is 23.8. The normalized spacial score (nSPS) is 12.5. The molecule has 0 saturated carbocycles. The standard InChI is InChI=1S/C75H134O6/c1-4-7-10-13-16-19-22-25-27-29-30-31-32-33-34-35-36-37-38-39-40-41-42-43-44-45-46-47-49-50-53-56-59-62-65-68-74(77)80-71-72(70-79-73(76)67-64-61-58-55-52-24-21-18-15-12-9-6-3)81-75(78)69-66-63-60-57-54-51-48-28-26-23-20-17-14-11-8-5-2/h7,10,16,18-19,21,25,27-28,30-31,48,72H,4-6,8-9,11-15,17,20,22-24,26,29,32-47,49-71H2,1-3H3/b10-7-,19-16-,21-18-,27-25-,31-30-,48-28-. The van der Waals surface area contributed by atoms with Gasteiger partial charge in [-0.25, -0.2) is 0 Å². The Morgan fingerprint density at radius 2 is 0.481 bits per heavy atom. The smallest absolute Gasteiger partial charge is 0.306 e. The summed E-state index contributed by atoms with van der Waals surface area (Å²) >= 11 is 0. The van der Waals surface area contributed by atoms with Crippen LogP contribution >= 0.6 is 0 Å². The first-order valence-electron chi connectivity index (χ1n) is 35.4. The monoisotopic (exact) mass is 1130 g/mol. The molecule has 470 valence electrons. The van der Waals surface area contributed by atoms with Gasteiger partial charge in [-0.2, -0.15) is 0 Å². The number of ether oxygens (including phenoxy) is 3. The Labute approximate surface area is 503 Å². The molecule has 6 heteroatoms. The summed E-state index contributed by atoms with van der Waals surface area (Å²) in [6.45, 7) is 6.53. The third-order valence-corrected chi connectivity index (χ3v) is 15.7. The Hall–Kier alpha value is -3.15. The number of rotatable bonds is 65. The summed E-state index contributed by atoms with van der Waals surface area (Å²) in [5.41, 5.74) is 0. The molecule has 0 radical (unpaired) electrons. The highest BCUT2D eigenvalue weighted by Crippen LogP contribution is 2.18. The lowest BCUT2D eigenvalue weighted by Crippen LogP contribution is -2.30. The van der Waals surface area contributed by atoms with Crippen LogP contribution in [-0.4, -0.2) is 37.2 Å². The van der Waals surface area contributed by atoms with Crippen molar-refractivity contribution >= 4 is 17.9 Å². The summed E-state index contributed by atoms with van der Waals surface area (Å²) in [4.78, 5) is 38.3. The highest BCUT2D eigenvalue weighted by molar-refractivity contribution is 5.71. The molecule has 0 bridgehead atoms. The number of hydrogen-bond acceptors (Lipinski definition) is 6. The maximum Gasteiger partial charge on any atom is 0.306 e. The van der Waals surface area contributed by atoms with Crippen LogP contribution in [0.3, 0.4) is 0 Å². The highest BCUT2D eigenvalue weighted by Gasteiger charge is 2.19. The first kappa shape index (κ1) is 77.9. The van der Waals surface area contributed by atoms with E-state index in [1.54, 1.807) is 0 Å². The van der Waals surface area contributed by atoms with Crippen LogP contribution < -0.4 is 0 Å². The minimum atomic E-state index is -0.780. The predicted molar refractivity (Wildman–Crippen MR) is 353 cm³/mol. The van der Waals surface area contributed by atoms with Crippen LogP contribution in [0.5, 0.6) is 0 Å². The SMILES string of the molecule is CC/C=C\C/C=C\C/C=C\C/C=C\CCCCCCCCCCCCCCCCCCCCCCCCC(=O)OCC(COC(=O)CCCCCCC/C=C\CCCCC)OC(=O)CCCCCCC/C=C\CCCCCCCCC. The molecule has 0 aliphatic heterocycles. The van der Waals surface area contributed by atoms with Gasteiger partial charge in [0.2, 0.25) is 0 Å². The zero-order valence-electron chi connectivity index (χ0n) is 54.1. The lowest BCUT2D eigenvalue weighted by molar-refractivity contribution is -0.167. The van der Waals surface area contributed by atoms with Crippen LogP contribution in [0.15, 0.2) is 72.9 Å². The van der Waals surface area contributed by atoms with Crippen LogP contribution in [0.4, 0.5) is 0 Å². The van der Waals surface area contributed by atoms with Crippen molar-refractivity contribution < 1.29 is 28.6 Å². The van der Waals surface area contributed by atoms with Gasteiger partial charge in [-0.05, 0) is 109 Å². The molecular weight excluding hydrogens is 997 g/mol. The molecule has 1 unspecified atom stereocenters. The first-order chi connectivity index (χ1) is 40.0. The van der Waals surface area contributed by atoms with Crippen molar-refractivity contribution in [1.82, 2.24) is 0 Å². The number of esters is 3. The molecule has 0 aliphatic carbocycles. The van der Waals surface area contributed by atoms with Gasteiger partial charge < -0.3 is 14.2 Å². The molecule has 6 nitrogen and oxygen atoms in total. The molecule has 0 spiro atoms. The quantitative estimate of drug-likeness (QED) is 0.0261. The van der Waals surface area contributed by atoms with Crippen molar-refractivity contribution in [3.63, 3.8) is 0 Å². The van der Waals surface area contributed by atoms with Crippen molar-refractivity contribution in [2.75, 3.05) is 13.2 Å². The summed E-state index contributed by atoms with van der Waals surface area (Å²) in [6, 6.07) is 0. The van der Waals surface area contributed by atoms with E-state index >= 15 is 0 Å². The molecule has 0 aromatic rings. The summed E-state index contributed by atoms with van der Waals surface area (Å²) in [5.74, 6) is -0.874. The number of carbonyl (C=O) groups excluding carboxylic acids is 3. The molecular formula is C75H134O6. The molecule has 0 heterocycles. The van der Waals surface area contributed by atoms with Gasteiger partial charge in [-0.1, -0.05) is 312 Å². The number of unbranched alkanes of at least 4 members (excludes halogenated alkanes) is 42. The lowest BCUT2D eigenvalue weighted by Gasteiger charge is -2.18. The average molecular weight is 1130 g/mol. The van der Waals surface area contributed by atoms with Gasteiger partial charge in [-0.15, -0.1) is 0 Å². The van der Waals surface area contributed by atoms with Gasteiger partial charge in [-0.3, -0.25) is 14.4 Å². The molecule has 0 aliphatic rings. The maximum absolute atomic E-state index is 12.9. The van der Waals surface area contributed by atoms with Gasteiger partial charge in [0, 0.05) is 19.3 Å². The molecule has 1 atom stereocenters. The van der Waals surface area contributed by atoms with E-state index in [0.29, 0.717) is 19.3 Å². The third-order valence-electron chi connectivity index (χ3n) is 15.7. The van der Waals surface area contributed by atoms with Crippen LogP contribution in [-0.2, 0) is 28.6 Å². The fraction of sp³-hybridized carbons (Fsp3) is 0.800. The van der Waals surface area contributed by atoms with E-state index in [0.717, 1.165) is 96.3 Å². The third kappa shape index (κ3) is 67.5. The molecule has 0 N–H and O–H groups in total. The van der Waals surface area contributed by atoms with Crippen LogP contribution in [0.25, 0.3) is 0 Å². The van der Waals surface area contributed by atoms with E-state index in [1.165, 1.54) is 231 Å². The maximum atomic E-state index is 12.9. The Morgan fingerprint density at radius 1 is 0.259 bits per heavy atom. The van der Waals surface area contributed by atoms with Crippen LogP contribution in [0.1, 0.15) is 367 Å². The zero-order chi connectivity index (χ0) is 58.5. The molecule has 0 saturated heterocycles. The van der Waals surface area contributed by atoms with E-state index < -0.39 is 6.10 Å². The van der Waals surface area contributed by atoms with E-state index in [-0.39, 0.29) is 31.1 Å². The predicted octanol–water partition coefficient (Wildman–Crippen LogP) is 24.4. The van der Waals surface area contributed by atoms with Crippen molar-refractivity contribution in [3.8, 4) is 0 Å². The summed E-state index contributed by atoms with van der Waals surface area (Å²) in [7, 11) is 0. The Kier molecular flexibility index (Phi) is 66.6. The zero-order valence-corrected chi connectivity index (χ0v) is 54.1. The summed E-state index contributed by atoms with van der Waals surface area (Å²) in [5, 5.41) is 0. The van der Waals surface area contributed by atoms with Gasteiger partial charge in [0.1, 0.15) is 13.2 Å². The van der Waals surface area contributed by atoms with Gasteiger partial charge in [0.15, 0.2) is 6.10 Å². The van der Waals surface area contributed by atoms with Crippen molar-refractivity contribution in [1.29, 1.82) is 0 Å². The molecule has 0 aromatic carbocycles. The fourth-order valence-electron chi connectivity index (χ4n) is 10.4. The largest absolute Gasteiger partial charge is 0.462 e. The molecule has 0 aromatic heterocycles. The van der Waals surface area contributed by atoms with E-state index in [2.05, 4.69) is 93.7 Å². The van der Waals surface area contributed by atoms with Gasteiger partial charge in [0.25, 0.3) is 0 Å². The van der Waals surface area contributed by atoms with E-state index in [4.69, 9.17) is 14.2 Å². The molecule has 0 rings (SSSR count). The highest BCUT2D eigenvalue weighted by atomic mass is 16.6. The number of allylic oxidation sites excluding steroid dienone is 12. The summed E-state index contributed by atoms with van der Waals surface area (Å²) in [6.07, 6.45) is 90.9. The lowest BCUT2D eigenvalue weighted by atomic mass is 10.0. The summed E-state index contributed by atoms with van der Waals surface area (Å²) < 4.78 is 16.9. The molecule has 0 amide bonds. The number of carbonyl (C=O) groups is 3. The minimum absolute atomic E-state index is 0.0761. The topological polar surface area (TPSA) is 78.9 Å². The van der Waals surface area contributed by atoms with E-state index in [9.17, 15) is 14.4 Å². The van der Waals surface area contributed by atoms with Crippen molar-refractivity contribution in [2.24, 2.45) is 0 Å².